The van der Waals surface area contributed by atoms with Gasteiger partial charge in [-0.3, -0.25) is 25.7 Å². The summed E-state index contributed by atoms with van der Waals surface area (Å²) in [6, 6.07) is 15.3. The number of hydrogen-bond acceptors (Lipinski definition) is 7. The van der Waals surface area contributed by atoms with Gasteiger partial charge in [-0.15, -0.1) is 0 Å². The van der Waals surface area contributed by atoms with E-state index in [0.717, 1.165) is 53.1 Å². The number of hydrazone groups is 1. The number of unbranched alkanes of at least 4 members (excludes halogenated alkanes) is 1. The van der Waals surface area contributed by atoms with E-state index in [2.05, 4.69) is 23.5 Å². The van der Waals surface area contributed by atoms with Crippen molar-refractivity contribution in [3.05, 3.63) is 97.1 Å². The lowest BCUT2D eigenvalue weighted by atomic mass is 9.89. The molecule has 0 spiro atoms. The van der Waals surface area contributed by atoms with Gasteiger partial charge in [0.25, 0.3) is 5.69 Å². The van der Waals surface area contributed by atoms with Gasteiger partial charge in [-0.1, -0.05) is 55.3 Å². The smallest absolute Gasteiger partial charge is 0.301 e. The minimum Gasteiger partial charge on any atom is -0.392 e. The molecule has 0 aromatic heterocycles. The fourth-order valence-electron chi connectivity index (χ4n) is 3.97. The monoisotopic (exact) mass is 476 g/mol. The topological polar surface area (TPSA) is 131 Å². The predicted molar refractivity (Wildman–Crippen MR) is 137 cm³/mol. The molecule has 0 aliphatic carbocycles. The summed E-state index contributed by atoms with van der Waals surface area (Å²) in [4.78, 5) is 20.9. The van der Waals surface area contributed by atoms with Crippen molar-refractivity contribution in [3.8, 4) is 11.1 Å². The highest BCUT2D eigenvalue weighted by Crippen LogP contribution is 2.32. The molecule has 0 unspecified atom stereocenters. The van der Waals surface area contributed by atoms with Crippen LogP contribution in [0.2, 0.25) is 0 Å². The second kappa shape index (κ2) is 11.3. The van der Waals surface area contributed by atoms with E-state index in [9.17, 15) is 25.3 Å². The average molecular weight is 477 g/mol. The number of nitrogens with one attached hydrogen (secondary N) is 1. The number of aryl methyl sites for hydroxylation is 2. The summed E-state index contributed by atoms with van der Waals surface area (Å²) in [5.41, 5.74) is 8.57. The molecule has 0 heterocycles. The summed E-state index contributed by atoms with van der Waals surface area (Å²) in [6.45, 7) is 5.90. The number of aliphatic hydroxyl groups excluding tert-OH is 1. The lowest BCUT2D eigenvalue weighted by Gasteiger charge is -2.16. The molecule has 0 saturated carbocycles. The van der Waals surface area contributed by atoms with Crippen molar-refractivity contribution < 1.29 is 15.0 Å². The maximum atomic E-state index is 11.3. The van der Waals surface area contributed by atoms with Crippen molar-refractivity contribution in [1.29, 1.82) is 0 Å². The Morgan fingerprint density at radius 1 is 1.00 bits per heavy atom. The number of non-ortho nitro benzene ring substituents is 1. The zero-order valence-electron chi connectivity index (χ0n) is 19.9. The molecule has 0 saturated heterocycles. The largest absolute Gasteiger partial charge is 0.392 e. The number of hydrogen-bond donors (Lipinski definition) is 2. The number of benzene rings is 3. The first kappa shape index (κ1) is 25.5. The van der Waals surface area contributed by atoms with Crippen LogP contribution in [0.4, 0.5) is 17.1 Å². The third-order valence-corrected chi connectivity index (χ3v) is 5.74. The molecule has 35 heavy (non-hydrogen) atoms. The second-order valence-corrected chi connectivity index (χ2v) is 8.32. The molecule has 9 heteroatoms. The van der Waals surface area contributed by atoms with Crippen molar-refractivity contribution in [2.45, 2.75) is 46.6 Å². The van der Waals surface area contributed by atoms with Crippen LogP contribution in [0.3, 0.4) is 0 Å². The Kier molecular flexibility index (Phi) is 8.27. The Labute approximate surface area is 203 Å². The van der Waals surface area contributed by atoms with E-state index < -0.39 is 15.5 Å². The summed E-state index contributed by atoms with van der Waals surface area (Å²) < 4.78 is 0. The van der Waals surface area contributed by atoms with Crippen molar-refractivity contribution in [2.75, 3.05) is 5.43 Å². The molecule has 182 valence electrons. The number of rotatable bonds is 10. The summed E-state index contributed by atoms with van der Waals surface area (Å²) >= 11 is 0. The zero-order valence-corrected chi connectivity index (χ0v) is 19.9. The van der Waals surface area contributed by atoms with Crippen molar-refractivity contribution in [2.24, 2.45) is 5.10 Å². The molecule has 9 nitrogen and oxygen atoms in total. The normalized spacial score (nSPS) is 11.4. The van der Waals surface area contributed by atoms with Crippen molar-refractivity contribution in [3.63, 3.8) is 0 Å². The Hall–Kier alpha value is -4.11. The Morgan fingerprint density at radius 3 is 2.29 bits per heavy atom. The van der Waals surface area contributed by atoms with Crippen LogP contribution >= 0.6 is 0 Å². The van der Waals surface area contributed by atoms with Crippen LogP contribution < -0.4 is 5.43 Å². The fraction of sp³-hybridized carbons (Fsp3) is 0.269. The van der Waals surface area contributed by atoms with E-state index in [0.29, 0.717) is 5.71 Å². The van der Waals surface area contributed by atoms with Gasteiger partial charge in [0.15, 0.2) is 0 Å². The lowest BCUT2D eigenvalue weighted by Crippen LogP contribution is -2.03. The maximum Gasteiger partial charge on any atom is 0.301 e. The summed E-state index contributed by atoms with van der Waals surface area (Å²) in [5.74, 6) is 0. The number of aliphatic hydroxyl groups is 1. The highest BCUT2D eigenvalue weighted by atomic mass is 16.6. The van der Waals surface area contributed by atoms with E-state index in [1.165, 1.54) is 17.7 Å². The van der Waals surface area contributed by atoms with Crippen LogP contribution in [0, 0.1) is 27.2 Å². The Bertz CT molecular complexity index is 1270. The molecule has 0 amide bonds. The highest BCUT2D eigenvalue weighted by molar-refractivity contribution is 5.99. The molecule has 0 fully saturated rings. The first-order chi connectivity index (χ1) is 16.7. The molecule has 0 aliphatic heterocycles. The van der Waals surface area contributed by atoms with Crippen LogP contribution in [-0.2, 0) is 13.0 Å². The van der Waals surface area contributed by atoms with Crippen LogP contribution in [0.5, 0.6) is 0 Å². The summed E-state index contributed by atoms with van der Waals surface area (Å²) in [5, 5.41) is 36.5. The molecule has 2 N–H and O–H groups in total. The van der Waals surface area contributed by atoms with Crippen LogP contribution in [0.25, 0.3) is 11.1 Å². The van der Waals surface area contributed by atoms with Gasteiger partial charge in [-0.05, 0) is 60.6 Å². The SMILES string of the molecule is CCCCc1cc(C)cc(CO)c1-c1ccc(/C(C)=N/Nc2ccc([N+](=O)[O-])cc2[N+](=O)[O-])cc1. The number of nitro benzene ring substituents is 2. The van der Waals surface area contributed by atoms with Crippen LogP contribution in [0.1, 0.15) is 48.9 Å². The number of nitro groups is 2. The summed E-state index contributed by atoms with van der Waals surface area (Å²) in [7, 11) is 0. The first-order valence-corrected chi connectivity index (χ1v) is 11.3. The minimum absolute atomic E-state index is 0.0453. The maximum absolute atomic E-state index is 11.3. The van der Waals surface area contributed by atoms with E-state index in [1.54, 1.807) is 6.92 Å². The van der Waals surface area contributed by atoms with E-state index in [4.69, 9.17) is 0 Å². The van der Waals surface area contributed by atoms with E-state index >= 15 is 0 Å². The molecule has 3 aromatic rings. The van der Waals surface area contributed by atoms with Gasteiger partial charge >= 0.3 is 5.69 Å². The molecular formula is C26H28N4O5. The molecule has 3 aromatic carbocycles. The molecule has 0 bridgehead atoms. The van der Waals surface area contributed by atoms with Gasteiger partial charge in [0.2, 0.25) is 0 Å². The van der Waals surface area contributed by atoms with E-state index in [1.807, 2.05) is 37.3 Å². The number of anilines is 1. The first-order valence-electron chi connectivity index (χ1n) is 11.3. The van der Waals surface area contributed by atoms with Gasteiger partial charge in [-0.25, -0.2) is 0 Å². The van der Waals surface area contributed by atoms with Gasteiger partial charge in [0.05, 0.1) is 28.2 Å². The predicted octanol–water partition coefficient (Wildman–Crippen LogP) is 6.15. The fourth-order valence-corrected chi connectivity index (χ4v) is 3.97. The summed E-state index contributed by atoms with van der Waals surface area (Å²) in [6.07, 6.45) is 3.07. The van der Waals surface area contributed by atoms with E-state index in [-0.39, 0.29) is 18.0 Å². The Morgan fingerprint density at radius 2 is 1.69 bits per heavy atom. The average Bonchev–Trinajstić information content (AvgIpc) is 2.85. The van der Waals surface area contributed by atoms with Crippen LogP contribution in [-0.4, -0.2) is 20.7 Å². The highest BCUT2D eigenvalue weighted by Gasteiger charge is 2.19. The molecule has 0 aliphatic rings. The zero-order chi connectivity index (χ0) is 25.5. The quantitative estimate of drug-likeness (QED) is 0.205. The molecule has 3 rings (SSSR count). The molecule has 0 atom stereocenters. The standard InChI is InChI=1S/C26H28N4O5/c1-4-5-6-21-13-17(2)14-22(16-31)26(21)20-9-7-19(8-10-20)18(3)27-28-24-12-11-23(29(32)33)15-25(24)30(34)35/h7-15,28,31H,4-6,16H2,1-3H3/b27-18+. The minimum atomic E-state index is -0.689. The van der Waals surface area contributed by atoms with Gasteiger partial charge in [0, 0.05) is 6.07 Å². The third-order valence-electron chi connectivity index (χ3n) is 5.74. The van der Waals surface area contributed by atoms with Crippen molar-refractivity contribution >= 4 is 22.8 Å². The van der Waals surface area contributed by atoms with Gasteiger partial charge < -0.3 is 5.11 Å². The van der Waals surface area contributed by atoms with Crippen LogP contribution in [0.15, 0.2) is 59.7 Å². The molecule has 0 radical (unpaired) electrons. The molecular weight excluding hydrogens is 448 g/mol. The Balaban J connectivity index is 1.89. The number of nitrogens with zero attached hydrogens (tertiary/aromatic N) is 3. The van der Waals surface area contributed by atoms with Crippen molar-refractivity contribution in [1.82, 2.24) is 0 Å². The lowest BCUT2D eigenvalue weighted by molar-refractivity contribution is -0.393. The van der Waals surface area contributed by atoms with Gasteiger partial charge in [-0.2, -0.15) is 5.10 Å². The second-order valence-electron chi connectivity index (χ2n) is 8.32. The third kappa shape index (κ3) is 6.07. The van der Waals surface area contributed by atoms with Gasteiger partial charge in [0.1, 0.15) is 5.69 Å².